The number of hydrogen-bond acceptors (Lipinski definition) is 3. The molecule has 1 aromatic rings. The first-order chi connectivity index (χ1) is 7.41. The van der Waals surface area contributed by atoms with E-state index in [0.717, 1.165) is 0 Å². The molecule has 16 heavy (non-hydrogen) atoms. The summed E-state index contributed by atoms with van der Waals surface area (Å²) in [5.74, 6) is -0.187. The minimum atomic E-state index is -0.450. The number of nitro benzene ring substituents is 1. The van der Waals surface area contributed by atoms with Crippen LogP contribution in [0.1, 0.15) is 12.5 Å². The van der Waals surface area contributed by atoms with Crippen molar-refractivity contribution < 1.29 is 9.72 Å². The molecular formula is C10H11BrN2O3. The smallest absolute Gasteiger partial charge is 0.272 e. The Morgan fingerprint density at radius 3 is 2.62 bits per heavy atom. The normalized spacial score (nSPS) is 11.9. The average molecular weight is 287 g/mol. The molecule has 1 aromatic carbocycles. The molecule has 1 rings (SSSR count). The molecule has 0 aliphatic carbocycles. The van der Waals surface area contributed by atoms with E-state index >= 15 is 0 Å². The van der Waals surface area contributed by atoms with Crippen molar-refractivity contribution in [3.05, 3.63) is 33.9 Å². The second kappa shape index (κ2) is 5.07. The van der Waals surface area contributed by atoms with Gasteiger partial charge in [-0.1, -0.05) is 15.9 Å². The standard InChI is InChI=1S/C10H11BrN2O3/c1-6-5-8(12-10(14)7(2)11)3-4-9(6)13(15)16/h3-5,7H,1-2H3,(H,12,14). The van der Waals surface area contributed by atoms with Crippen LogP contribution < -0.4 is 5.32 Å². The molecule has 0 aromatic heterocycles. The molecule has 6 heteroatoms. The lowest BCUT2D eigenvalue weighted by Crippen LogP contribution is -2.19. The van der Waals surface area contributed by atoms with Crippen LogP contribution in [-0.4, -0.2) is 15.7 Å². The highest BCUT2D eigenvalue weighted by atomic mass is 79.9. The number of amides is 1. The summed E-state index contributed by atoms with van der Waals surface area (Å²) in [6.07, 6.45) is 0. The first kappa shape index (κ1) is 12.6. The van der Waals surface area contributed by atoms with Crippen LogP contribution in [0.4, 0.5) is 11.4 Å². The number of carbonyl (C=O) groups excluding carboxylic acids is 1. The van der Waals surface area contributed by atoms with Gasteiger partial charge < -0.3 is 5.32 Å². The fourth-order valence-corrected chi connectivity index (χ4v) is 1.29. The van der Waals surface area contributed by atoms with E-state index in [-0.39, 0.29) is 16.4 Å². The van der Waals surface area contributed by atoms with E-state index in [4.69, 9.17) is 0 Å². The van der Waals surface area contributed by atoms with E-state index in [0.29, 0.717) is 11.3 Å². The maximum Gasteiger partial charge on any atom is 0.272 e. The minimum Gasteiger partial charge on any atom is -0.325 e. The predicted molar refractivity (Wildman–Crippen MR) is 64.9 cm³/mol. The highest BCUT2D eigenvalue weighted by Gasteiger charge is 2.13. The van der Waals surface area contributed by atoms with E-state index in [9.17, 15) is 14.9 Å². The van der Waals surface area contributed by atoms with Gasteiger partial charge in [-0.2, -0.15) is 0 Å². The molecule has 0 saturated heterocycles. The molecule has 5 nitrogen and oxygen atoms in total. The molecule has 0 spiro atoms. The second-order valence-electron chi connectivity index (χ2n) is 3.36. The van der Waals surface area contributed by atoms with E-state index in [1.54, 1.807) is 19.9 Å². The number of nitrogens with zero attached hydrogens (tertiary/aromatic N) is 1. The van der Waals surface area contributed by atoms with Gasteiger partial charge in [-0.25, -0.2) is 0 Å². The third-order valence-corrected chi connectivity index (χ3v) is 2.44. The summed E-state index contributed by atoms with van der Waals surface area (Å²) < 4.78 is 0. The summed E-state index contributed by atoms with van der Waals surface area (Å²) in [5, 5.41) is 13.2. The molecule has 0 fully saturated rings. The van der Waals surface area contributed by atoms with Crippen molar-refractivity contribution in [1.82, 2.24) is 0 Å². The minimum absolute atomic E-state index is 0.0462. The zero-order valence-corrected chi connectivity index (χ0v) is 10.4. The van der Waals surface area contributed by atoms with Crippen LogP contribution in [0.25, 0.3) is 0 Å². The van der Waals surface area contributed by atoms with Crippen molar-refractivity contribution in [3.8, 4) is 0 Å². The number of benzene rings is 1. The van der Waals surface area contributed by atoms with E-state index < -0.39 is 4.92 Å². The van der Waals surface area contributed by atoms with Crippen LogP contribution in [0.3, 0.4) is 0 Å². The lowest BCUT2D eigenvalue weighted by atomic mass is 10.2. The van der Waals surface area contributed by atoms with Crippen LogP contribution in [0.5, 0.6) is 0 Å². The van der Waals surface area contributed by atoms with Crippen LogP contribution in [0, 0.1) is 17.0 Å². The molecule has 1 atom stereocenters. The number of carbonyl (C=O) groups is 1. The van der Waals surface area contributed by atoms with Crippen LogP contribution in [0.15, 0.2) is 18.2 Å². The number of anilines is 1. The molecular weight excluding hydrogens is 276 g/mol. The lowest BCUT2D eigenvalue weighted by Gasteiger charge is -2.07. The Labute approximate surface area is 101 Å². The Morgan fingerprint density at radius 2 is 2.19 bits per heavy atom. The third-order valence-electron chi connectivity index (χ3n) is 2.02. The Balaban J connectivity index is 2.90. The Bertz CT molecular complexity index is 432. The molecule has 1 amide bonds. The first-order valence-electron chi connectivity index (χ1n) is 4.62. The van der Waals surface area contributed by atoms with Gasteiger partial charge in [0.2, 0.25) is 5.91 Å². The number of nitrogens with one attached hydrogen (secondary N) is 1. The summed E-state index contributed by atoms with van der Waals surface area (Å²) in [6, 6.07) is 4.47. The summed E-state index contributed by atoms with van der Waals surface area (Å²) in [5.41, 5.74) is 1.12. The van der Waals surface area contributed by atoms with Gasteiger partial charge in [0.15, 0.2) is 0 Å². The molecule has 1 unspecified atom stereocenters. The molecule has 0 bridgehead atoms. The van der Waals surface area contributed by atoms with Gasteiger partial charge in [0, 0.05) is 17.3 Å². The number of halogens is 1. The predicted octanol–water partition coefficient (Wildman–Crippen LogP) is 2.63. The Morgan fingerprint density at radius 1 is 1.56 bits per heavy atom. The third kappa shape index (κ3) is 3.03. The van der Waals surface area contributed by atoms with Crippen molar-refractivity contribution in [2.45, 2.75) is 18.7 Å². The van der Waals surface area contributed by atoms with Gasteiger partial charge in [-0.15, -0.1) is 0 Å². The Hall–Kier alpha value is -1.43. The number of nitro groups is 1. The van der Waals surface area contributed by atoms with E-state index in [1.807, 2.05) is 0 Å². The maximum absolute atomic E-state index is 11.4. The van der Waals surface area contributed by atoms with Gasteiger partial charge in [0.25, 0.3) is 5.69 Å². The molecule has 1 N–H and O–H groups in total. The largest absolute Gasteiger partial charge is 0.325 e. The van der Waals surface area contributed by atoms with Gasteiger partial charge >= 0.3 is 0 Å². The van der Waals surface area contributed by atoms with E-state index in [1.165, 1.54) is 12.1 Å². The highest BCUT2D eigenvalue weighted by Crippen LogP contribution is 2.21. The van der Waals surface area contributed by atoms with Gasteiger partial charge in [-0.3, -0.25) is 14.9 Å². The molecule has 0 heterocycles. The van der Waals surface area contributed by atoms with Gasteiger partial charge in [0.05, 0.1) is 9.75 Å². The van der Waals surface area contributed by atoms with Crippen LogP contribution in [-0.2, 0) is 4.79 Å². The summed E-state index contributed by atoms with van der Waals surface area (Å²) >= 11 is 3.13. The SMILES string of the molecule is Cc1cc(NC(=O)C(C)Br)ccc1[N+](=O)[O-]. The molecule has 0 aliphatic rings. The monoisotopic (exact) mass is 286 g/mol. The zero-order valence-electron chi connectivity index (χ0n) is 8.86. The molecule has 0 saturated carbocycles. The summed E-state index contributed by atoms with van der Waals surface area (Å²) in [4.78, 5) is 21.2. The quantitative estimate of drug-likeness (QED) is 0.527. The van der Waals surface area contributed by atoms with E-state index in [2.05, 4.69) is 21.2 Å². The van der Waals surface area contributed by atoms with Crippen molar-refractivity contribution in [3.63, 3.8) is 0 Å². The molecule has 86 valence electrons. The number of aryl methyl sites for hydroxylation is 1. The number of hydrogen-bond donors (Lipinski definition) is 1. The van der Waals surface area contributed by atoms with Gasteiger partial charge in [-0.05, 0) is 26.0 Å². The maximum atomic E-state index is 11.4. The fourth-order valence-electron chi connectivity index (χ4n) is 1.18. The Kier molecular flexibility index (Phi) is 4.00. The van der Waals surface area contributed by atoms with Gasteiger partial charge in [0.1, 0.15) is 0 Å². The number of rotatable bonds is 3. The summed E-state index contributed by atoms with van der Waals surface area (Å²) in [6.45, 7) is 3.33. The van der Waals surface area contributed by atoms with Crippen molar-refractivity contribution >= 4 is 33.2 Å². The van der Waals surface area contributed by atoms with Crippen molar-refractivity contribution in [1.29, 1.82) is 0 Å². The van der Waals surface area contributed by atoms with Crippen molar-refractivity contribution in [2.24, 2.45) is 0 Å². The first-order valence-corrected chi connectivity index (χ1v) is 5.53. The molecule has 0 aliphatic heterocycles. The van der Waals surface area contributed by atoms with Crippen LogP contribution in [0.2, 0.25) is 0 Å². The zero-order chi connectivity index (χ0) is 12.3. The average Bonchev–Trinajstić information content (AvgIpc) is 2.16. The topological polar surface area (TPSA) is 72.2 Å². The number of alkyl halides is 1. The second-order valence-corrected chi connectivity index (χ2v) is 4.74. The molecule has 0 radical (unpaired) electrons. The fraction of sp³-hybridized carbons (Fsp3) is 0.300. The van der Waals surface area contributed by atoms with Crippen molar-refractivity contribution in [2.75, 3.05) is 5.32 Å². The summed E-state index contributed by atoms with van der Waals surface area (Å²) in [7, 11) is 0. The lowest BCUT2D eigenvalue weighted by molar-refractivity contribution is -0.385. The highest BCUT2D eigenvalue weighted by molar-refractivity contribution is 9.10. The van der Waals surface area contributed by atoms with Crippen LogP contribution >= 0.6 is 15.9 Å².